The van der Waals surface area contributed by atoms with Gasteiger partial charge in [-0.15, -0.1) is 0 Å². The van der Waals surface area contributed by atoms with E-state index in [1.54, 1.807) is 4.90 Å². The van der Waals surface area contributed by atoms with Crippen LogP contribution in [0.2, 0.25) is 0 Å². The highest BCUT2D eigenvalue weighted by Gasteiger charge is 2.45. The molecule has 2 aromatic rings. The Hall–Kier alpha value is -2.93. The Kier molecular flexibility index (Phi) is 4.77. The van der Waals surface area contributed by atoms with Crippen LogP contribution in [0.5, 0.6) is 0 Å². The van der Waals surface area contributed by atoms with Gasteiger partial charge < -0.3 is 20.3 Å². The Balaban J connectivity index is 1.37. The summed E-state index contributed by atoms with van der Waals surface area (Å²) in [6.07, 6.45) is 0.101. The second-order valence-electron chi connectivity index (χ2n) is 6.84. The number of nitrogens with one attached hydrogen (secondary N) is 2. The SMILES string of the molecule is O=C(Nc1ccccc1)[C@H]1C[C@H]2CN(C(=O)Nc3ccc(F)cc3)C[C@H]1O2. The quantitative estimate of drug-likeness (QED) is 0.873. The fourth-order valence-electron chi connectivity index (χ4n) is 3.59. The van der Waals surface area contributed by atoms with Gasteiger partial charge in [-0.2, -0.15) is 0 Å². The lowest BCUT2D eigenvalue weighted by Crippen LogP contribution is -2.49. The van der Waals surface area contributed by atoms with Crippen molar-refractivity contribution in [3.05, 3.63) is 60.4 Å². The molecule has 3 amide bonds. The molecule has 4 rings (SSSR count). The zero-order chi connectivity index (χ0) is 18.8. The molecule has 2 aromatic carbocycles. The fraction of sp³-hybridized carbons (Fsp3) is 0.300. The number of amides is 3. The number of urea groups is 1. The highest BCUT2D eigenvalue weighted by molar-refractivity contribution is 5.93. The van der Waals surface area contributed by atoms with Crippen molar-refractivity contribution in [1.82, 2.24) is 4.90 Å². The summed E-state index contributed by atoms with van der Waals surface area (Å²) in [6.45, 7) is 0.773. The number of likely N-dealkylation sites (tertiary alicyclic amines) is 1. The molecule has 2 heterocycles. The molecule has 2 aliphatic heterocycles. The largest absolute Gasteiger partial charge is 0.370 e. The number of carbonyl (C=O) groups excluding carboxylic acids is 2. The number of anilines is 2. The summed E-state index contributed by atoms with van der Waals surface area (Å²) in [4.78, 5) is 26.8. The number of halogens is 1. The van der Waals surface area contributed by atoms with Crippen molar-refractivity contribution < 1.29 is 18.7 Å². The number of hydrogen-bond acceptors (Lipinski definition) is 3. The van der Waals surface area contributed by atoms with Crippen LogP contribution in [0.1, 0.15) is 6.42 Å². The van der Waals surface area contributed by atoms with Crippen molar-refractivity contribution in [1.29, 1.82) is 0 Å². The Labute approximate surface area is 156 Å². The average Bonchev–Trinajstić information content (AvgIpc) is 2.98. The second kappa shape index (κ2) is 7.36. The maximum absolute atomic E-state index is 13.0. The monoisotopic (exact) mass is 369 g/mol. The summed E-state index contributed by atoms with van der Waals surface area (Å²) in [5.74, 6) is -0.738. The van der Waals surface area contributed by atoms with Gasteiger partial charge in [0.25, 0.3) is 0 Å². The first kappa shape index (κ1) is 17.5. The number of carbonyl (C=O) groups is 2. The van der Waals surface area contributed by atoms with Gasteiger partial charge in [0, 0.05) is 24.5 Å². The molecule has 2 N–H and O–H groups in total. The number of hydrogen-bond donors (Lipinski definition) is 2. The third kappa shape index (κ3) is 3.93. The standard InChI is InChI=1S/C20H20FN3O3/c21-13-6-8-15(9-7-13)23-20(26)24-11-16-10-17(18(12-24)27-16)19(25)22-14-4-2-1-3-5-14/h1-9,16-18H,10-12H2,(H,22,25)(H,23,26)/t16-,17-,18+/m0/s1. The topological polar surface area (TPSA) is 70.7 Å². The zero-order valence-electron chi connectivity index (χ0n) is 14.6. The molecule has 0 radical (unpaired) electrons. The van der Waals surface area contributed by atoms with Gasteiger partial charge in [-0.25, -0.2) is 9.18 Å². The van der Waals surface area contributed by atoms with Crippen molar-refractivity contribution >= 4 is 23.3 Å². The number of nitrogens with zero attached hydrogens (tertiary/aromatic N) is 1. The molecule has 6 nitrogen and oxygen atoms in total. The minimum atomic E-state index is -0.357. The third-order valence-electron chi connectivity index (χ3n) is 4.92. The van der Waals surface area contributed by atoms with Gasteiger partial charge in [0.05, 0.1) is 18.1 Å². The number of fused-ring (bicyclic) bond motifs is 2. The molecule has 7 heteroatoms. The Morgan fingerprint density at radius 2 is 1.67 bits per heavy atom. The lowest BCUT2D eigenvalue weighted by atomic mass is 9.99. The number of rotatable bonds is 3. The fourth-order valence-corrected chi connectivity index (χ4v) is 3.59. The Morgan fingerprint density at radius 1 is 0.963 bits per heavy atom. The highest BCUT2D eigenvalue weighted by atomic mass is 19.1. The first-order valence-electron chi connectivity index (χ1n) is 8.91. The van der Waals surface area contributed by atoms with Crippen molar-refractivity contribution in [2.75, 3.05) is 23.7 Å². The molecular formula is C20H20FN3O3. The van der Waals surface area contributed by atoms with E-state index in [4.69, 9.17) is 4.74 Å². The Bertz CT molecular complexity index is 828. The first-order chi connectivity index (χ1) is 13.1. The minimum absolute atomic E-state index is 0.0884. The van der Waals surface area contributed by atoms with Crippen LogP contribution in [0.25, 0.3) is 0 Å². The van der Waals surface area contributed by atoms with Crippen molar-refractivity contribution in [3.8, 4) is 0 Å². The molecular weight excluding hydrogens is 349 g/mol. The summed E-state index contributed by atoms with van der Waals surface area (Å²) in [7, 11) is 0. The molecule has 3 atom stereocenters. The van der Waals surface area contributed by atoms with E-state index in [0.29, 0.717) is 25.2 Å². The Morgan fingerprint density at radius 3 is 2.41 bits per heavy atom. The molecule has 2 bridgehead atoms. The number of morpholine rings is 1. The molecule has 0 aliphatic carbocycles. The molecule has 0 unspecified atom stereocenters. The number of ether oxygens (including phenoxy) is 1. The van der Waals surface area contributed by atoms with E-state index in [-0.39, 0.29) is 35.9 Å². The average molecular weight is 369 g/mol. The van der Waals surface area contributed by atoms with E-state index in [9.17, 15) is 14.0 Å². The molecule has 0 saturated carbocycles. The van der Waals surface area contributed by atoms with E-state index in [1.807, 2.05) is 30.3 Å². The van der Waals surface area contributed by atoms with Crippen LogP contribution >= 0.6 is 0 Å². The van der Waals surface area contributed by atoms with Crippen molar-refractivity contribution in [2.45, 2.75) is 18.6 Å². The predicted octanol–water partition coefficient (Wildman–Crippen LogP) is 3.09. The van der Waals surface area contributed by atoms with E-state index in [2.05, 4.69) is 10.6 Å². The van der Waals surface area contributed by atoms with Gasteiger partial charge in [-0.1, -0.05) is 18.2 Å². The summed E-state index contributed by atoms with van der Waals surface area (Å²) in [6, 6.07) is 14.6. The molecule has 27 heavy (non-hydrogen) atoms. The first-order valence-corrected chi connectivity index (χ1v) is 8.91. The van der Waals surface area contributed by atoms with Crippen LogP contribution in [0.4, 0.5) is 20.6 Å². The summed E-state index contributed by atoms with van der Waals surface area (Å²) >= 11 is 0. The van der Waals surface area contributed by atoms with E-state index in [1.165, 1.54) is 24.3 Å². The van der Waals surface area contributed by atoms with Crippen LogP contribution in [-0.2, 0) is 9.53 Å². The minimum Gasteiger partial charge on any atom is -0.370 e. The van der Waals surface area contributed by atoms with Crippen LogP contribution < -0.4 is 10.6 Å². The maximum Gasteiger partial charge on any atom is 0.322 e. The lowest BCUT2D eigenvalue weighted by Gasteiger charge is -2.32. The van der Waals surface area contributed by atoms with E-state index < -0.39 is 0 Å². The van der Waals surface area contributed by atoms with Gasteiger partial charge >= 0.3 is 6.03 Å². The number of benzene rings is 2. The summed E-state index contributed by atoms with van der Waals surface area (Å²) in [5, 5.41) is 5.67. The van der Waals surface area contributed by atoms with Crippen LogP contribution in [0.3, 0.4) is 0 Å². The second-order valence-corrected chi connectivity index (χ2v) is 6.84. The highest BCUT2D eigenvalue weighted by Crippen LogP contribution is 2.33. The maximum atomic E-state index is 13.0. The van der Waals surface area contributed by atoms with Gasteiger partial charge in [0.2, 0.25) is 5.91 Å². The van der Waals surface area contributed by atoms with E-state index in [0.717, 1.165) is 5.69 Å². The van der Waals surface area contributed by atoms with Gasteiger partial charge in [0.1, 0.15) is 5.82 Å². The van der Waals surface area contributed by atoms with Crippen LogP contribution in [0, 0.1) is 11.7 Å². The van der Waals surface area contributed by atoms with Crippen LogP contribution in [0.15, 0.2) is 54.6 Å². The van der Waals surface area contributed by atoms with Crippen molar-refractivity contribution in [2.24, 2.45) is 5.92 Å². The van der Waals surface area contributed by atoms with Gasteiger partial charge in [-0.05, 0) is 42.8 Å². The van der Waals surface area contributed by atoms with Gasteiger partial charge in [0.15, 0.2) is 0 Å². The molecule has 2 aliphatic rings. The zero-order valence-corrected chi connectivity index (χ0v) is 14.6. The van der Waals surface area contributed by atoms with E-state index >= 15 is 0 Å². The summed E-state index contributed by atoms with van der Waals surface area (Å²) in [5.41, 5.74) is 1.27. The molecule has 2 fully saturated rings. The lowest BCUT2D eigenvalue weighted by molar-refractivity contribution is -0.122. The molecule has 140 valence electrons. The molecule has 0 aromatic heterocycles. The number of para-hydroxylation sites is 1. The smallest absolute Gasteiger partial charge is 0.322 e. The molecule has 0 spiro atoms. The summed E-state index contributed by atoms with van der Waals surface area (Å²) < 4.78 is 18.9. The third-order valence-corrected chi connectivity index (χ3v) is 4.92. The van der Waals surface area contributed by atoms with Gasteiger partial charge in [-0.3, -0.25) is 4.79 Å². The van der Waals surface area contributed by atoms with Crippen molar-refractivity contribution in [3.63, 3.8) is 0 Å². The normalized spacial score (nSPS) is 23.7. The van der Waals surface area contributed by atoms with Crippen LogP contribution in [-0.4, -0.2) is 42.1 Å². The molecule has 2 saturated heterocycles. The predicted molar refractivity (Wildman–Crippen MR) is 98.8 cm³/mol.